The summed E-state index contributed by atoms with van der Waals surface area (Å²) in [7, 11) is 3.67. The third-order valence-corrected chi connectivity index (χ3v) is 3.50. The van der Waals surface area contributed by atoms with Crippen LogP contribution in [0.1, 0.15) is 0 Å². The van der Waals surface area contributed by atoms with E-state index in [0.29, 0.717) is 24.7 Å². The van der Waals surface area contributed by atoms with Crippen LogP contribution in [-0.4, -0.2) is 69.3 Å². The van der Waals surface area contributed by atoms with Crippen molar-refractivity contribution in [2.24, 2.45) is 0 Å². The third kappa shape index (κ3) is 4.53. The Bertz CT molecular complexity index is 459. The number of urea groups is 1. The summed E-state index contributed by atoms with van der Waals surface area (Å²) in [6.07, 6.45) is 0. The fourth-order valence-electron chi connectivity index (χ4n) is 2.18. The molecule has 1 aliphatic rings. The molecule has 1 N–H and O–H groups in total. The summed E-state index contributed by atoms with van der Waals surface area (Å²) in [6.45, 7) is 4.28. The van der Waals surface area contributed by atoms with Crippen LogP contribution in [0.5, 0.6) is 11.5 Å². The van der Waals surface area contributed by atoms with Crippen molar-refractivity contribution in [1.82, 2.24) is 15.1 Å². The van der Waals surface area contributed by atoms with E-state index in [9.17, 15) is 4.79 Å². The molecule has 21 heavy (non-hydrogen) atoms. The van der Waals surface area contributed by atoms with Crippen molar-refractivity contribution >= 4 is 6.03 Å². The topological polar surface area (TPSA) is 54.0 Å². The molecule has 0 radical (unpaired) electrons. The van der Waals surface area contributed by atoms with Crippen molar-refractivity contribution in [1.29, 1.82) is 0 Å². The van der Waals surface area contributed by atoms with Crippen molar-refractivity contribution < 1.29 is 14.3 Å². The van der Waals surface area contributed by atoms with E-state index >= 15 is 0 Å². The summed E-state index contributed by atoms with van der Waals surface area (Å²) in [5.41, 5.74) is 0. The fraction of sp³-hybridized carbons (Fsp3) is 0.533. The molecule has 0 atom stereocenters. The van der Waals surface area contributed by atoms with E-state index < -0.39 is 0 Å². The number of hydrogen-bond acceptors (Lipinski definition) is 4. The first kappa shape index (κ1) is 15.4. The van der Waals surface area contributed by atoms with Crippen molar-refractivity contribution in [3.63, 3.8) is 0 Å². The van der Waals surface area contributed by atoms with E-state index in [1.807, 2.05) is 29.2 Å². The number of rotatable bonds is 5. The lowest BCUT2D eigenvalue weighted by molar-refractivity contribution is 0.153. The van der Waals surface area contributed by atoms with Gasteiger partial charge in [0, 0.05) is 26.2 Å². The van der Waals surface area contributed by atoms with Gasteiger partial charge in [-0.15, -0.1) is 0 Å². The maximum absolute atomic E-state index is 12.0. The first-order valence-corrected chi connectivity index (χ1v) is 7.18. The molecule has 1 aromatic rings. The first-order valence-electron chi connectivity index (χ1n) is 7.18. The van der Waals surface area contributed by atoms with Gasteiger partial charge < -0.3 is 24.6 Å². The normalized spacial score (nSPS) is 15.6. The maximum atomic E-state index is 12.0. The van der Waals surface area contributed by atoms with Crippen LogP contribution in [-0.2, 0) is 0 Å². The molecule has 0 aromatic heterocycles. The molecule has 2 amide bonds. The monoisotopic (exact) mass is 293 g/mol. The van der Waals surface area contributed by atoms with Gasteiger partial charge in [0.1, 0.15) is 6.61 Å². The molecule has 116 valence electrons. The Kier molecular flexibility index (Phi) is 5.68. The quantitative estimate of drug-likeness (QED) is 0.824. The number of amides is 2. The molecule has 1 fully saturated rings. The van der Waals surface area contributed by atoms with Gasteiger partial charge in [0.15, 0.2) is 11.5 Å². The second-order valence-corrected chi connectivity index (χ2v) is 5.02. The number of piperazine rings is 1. The van der Waals surface area contributed by atoms with Crippen LogP contribution in [0, 0.1) is 0 Å². The Labute approximate surface area is 125 Å². The van der Waals surface area contributed by atoms with E-state index in [1.165, 1.54) is 0 Å². The standard InChI is InChI=1S/C15H23N3O3/c1-17-8-10-18(11-9-17)15(19)16-7-12-21-14-6-4-3-5-13(14)20-2/h3-6H,7-12H2,1-2H3,(H,16,19). The zero-order valence-electron chi connectivity index (χ0n) is 12.7. The largest absolute Gasteiger partial charge is 0.493 e. The van der Waals surface area contributed by atoms with Crippen LogP contribution in [0.4, 0.5) is 4.79 Å². The second kappa shape index (κ2) is 7.73. The van der Waals surface area contributed by atoms with Crippen LogP contribution in [0.25, 0.3) is 0 Å². The second-order valence-electron chi connectivity index (χ2n) is 5.02. The number of likely N-dealkylation sites (N-methyl/N-ethyl adjacent to an activating group) is 1. The zero-order valence-corrected chi connectivity index (χ0v) is 12.7. The maximum Gasteiger partial charge on any atom is 0.317 e. The van der Waals surface area contributed by atoms with Gasteiger partial charge in [0.2, 0.25) is 0 Å². The van der Waals surface area contributed by atoms with Crippen LogP contribution < -0.4 is 14.8 Å². The van der Waals surface area contributed by atoms with Crippen LogP contribution in [0.15, 0.2) is 24.3 Å². The third-order valence-electron chi connectivity index (χ3n) is 3.50. The molecule has 0 aliphatic carbocycles. The van der Waals surface area contributed by atoms with Gasteiger partial charge in [0.25, 0.3) is 0 Å². The number of carbonyl (C=O) groups excluding carboxylic acids is 1. The number of benzene rings is 1. The van der Waals surface area contributed by atoms with Crippen molar-refractivity contribution in [2.75, 3.05) is 53.5 Å². The number of nitrogens with one attached hydrogen (secondary N) is 1. The molecule has 1 aromatic carbocycles. The molecule has 0 saturated carbocycles. The predicted molar refractivity (Wildman–Crippen MR) is 81.0 cm³/mol. The molecule has 0 bridgehead atoms. The summed E-state index contributed by atoms with van der Waals surface area (Å²) in [5.74, 6) is 1.39. The fourth-order valence-corrected chi connectivity index (χ4v) is 2.18. The zero-order chi connectivity index (χ0) is 15.1. The molecule has 1 saturated heterocycles. The van der Waals surface area contributed by atoms with E-state index in [-0.39, 0.29) is 6.03 Å². The Balaban J connectivity index is 1.68. The van der Waals surface area contributed by atoms with Gasteiger partial charge in [-0.05, 0) is 19.2 Å². The number of ether oxygens (including phenoxy) is 2. The number of carbonyl (C=O) groups is 1. The number of para-hydroxylation sites is 2. The van der Waals surface area contributed by atoms with Crippen molar-refractivity contribution in [2.45, 2.75) is 0 Å². The van der Waals surface area contributed by atoms with Crippen LogP contribution in [0.2, 0.25) is 0 Å². The molecular formula is C15H23N3O3. The molecular weight excluding hydrogens is 270 g/mol. The lowest BCUT2D eigenvalue weighted by Crippen LogP contribution is -2.51. The van der Waals surface area contributed by atoms with Crippen molar-refractivity contribution in [3.05, 3.63) is 24.3 Å². The Hall–Kier alpha value is -1.95. The van der Waals surface area contributed by atoms with Gasteiger partial charge in [-0.1, -0.05) is 12.1 Å². The summed E-state index contributed by atoms with van der Waals surface area (Å²) < 4.78 is 10.8. The number of hydrogen-bond donors (Lipinski definition) is 1. The number of methoxy groups -OCH3 is 1. The molecule has 1 aliphatic heterocycles. The highest BCUT2D eigenvalue weighted by molar-refractivity contribution is 5.74. The number of nitrogens with zero attached hydrogens (tertiary/aromatic N) is 2. The van der Waals surface area contributed by atoms with Gasteiger partial charge in [-0.2, -0.15) is 0 Å². The van der Waals surface area contributed by atoms with Crippen LogP contribution in [0.3, 0.4) is 0 Å². The lowest BCUT2D eigenvalue weighted by Gasteiger charge is -2.32. The Morgan fingerprint density at radius 2 is 1.86 bits per heavy atom. The average Bonchev–Trinajstić information content (AvgIpc) is 2.52. The Morgan fingerprint density at radius 1 is 1.19 bits per heavy atom. The van der Waals surface area contributed by atoms with E-state index in [2.05, 4.69) is 17.3 Å². The summed E-state index contributed by atoms with van der Waals surface area (Å²) in [6, 6.07) is 7.45. The predicted octanol–water partition coefficient (Wildman–Crippen LogP) is 1.03. The van der Waals surface area contributed by atoms with E-state index in [4.69, 9.17) is 9.47 Å². The molecule has 0 unspecified atom stereocenters. The molecule has 1 heterocycles. The van der Waals surface area contributed by atoms with E-state index in [0.717, 1.165) is 26.2 Å². The molecule has 6 nitrogen and oxygen atoms in total. The van der Waals surface area contributed by atoms with Gasteiger partial charge in [-0.3, -0.25) is 0 Å². The highest BCUT2D eigenvalue weighted by atomic mass is 16.5. The first-order chi connectivity index (χ1) is 10.2. The van der Waals surface area contributed by atoms with Gasteiger partial charge in [-0.25, -0.2) is 4.79 Å². The summed E-state index contributed by atoms with van der Waals surface area (Å²) >= 11 is 0. The minimum Gasteiger partial charge on any atom is -0.493 e. The summed E-state index contributed by atoms with van der Waals surface area (Å²) in [4.78, 5) is 16.0. The minimum atomic E-state index is -0.0215. The molecule has 6 heteroatoms. The van der Waals surface area contributed by atoms with E-state index in [1.54, 1.807) is 7.11 Å². The molecule has 0 spiro atoms. The summed E-state index contributed by atoms with van der Waals surface area (Å²) in [5, 5.41) is 2.88. The highest BCUT2D eigenvalue weighted by Crippen LogP contribution is 2.25. The SMILES string of the molecule is COc1ccccc1OCCNC(=O)N1CCN(C)CC1. The minimum absolute atomic E-state index is 0.0215. The van der Waals surface area contributed by atoms with Crippen LogP contribution >= 0.6 is 0 Å². The van der Waals surface area contributed by atoms with Gasteiger partial charge >= 0.3 is 6.03 Å². The molecule has 2 rings (SSSR count). The average molecular weight is 293 g/mol. The highest BCUT2D eigenvalue weighted by Gasteiger charge is 2.18. The van der Waals surface area contributed by atoms with Crippen molar-refractivity contribution in [3.8, 4) is 11.5 Å². The smallest absolute Gasteiger partial charge is 0.317 e. The lowest BCUT2D eigenvalue weighted by atomic mass is 10.3. The Morgan fingerprint density at radius 3 is 2.52 bits per heavy atom. The van der Waals surface area contributed by atoms with Gasteiger partial charge in [0.05, 0.1) is 13.7 Å².